The number of aryl methyl sites for hydroxylation is 1. The van der Waals surface area contributed by atoms with Gasteiger partial charge in [0.15, 0.2) is 5.69 Å². The van der Waals surface area contributed by atoms with Crippen LogP contribution < -0.4 is 5.32 Å². The van der Waals surface area contributed by atoms with Crippen LogP contribution in [-0.2, 0) is 11.8 Å². The van der Waals surface area contributed by atoms with Crippen LogP contribution in [0.2, 0.25) is 0 Å². The van der Waals surface area contributed by atoms with E-state index >= 15 is 0 Å². The van der Waals surface area contributed by atoms with Crippen molar-refractivity contribution in [2.24, 2.45) is 7.05 Å². The Hall–Kier alpha value is -2.41. The fraction of sp³-hybridized carbons (Fsp3) is 0.609. The van der Waals surface area contributed by atoms with Crippen LogP contribution in [0.5, 0.6) is 0 Å². The van der Waals surface area contributed by atoms with E-state index in [4.69, 9.17) is 0 Å². The molecule has 1 unspecified atom stereocenters. The highest BCUT2D eigenvalue weighted by molar-refractivity contribution is 6.04. The molecule has 0 aliphatic carbocycles. The van der Waals surface area contributed by atoms with E-state index in [1.54, 1.807) is 4.68 Å². The maximum atomic E-state index is 13.4. The average molecular weight is 412 g/mol. The van der Waals surface area contributed by atoms with Crippen molar-refractivity contribution in [3.8, 4) is 0 Å². The molecule has 2 aliphatic heterocycles. The number of hydrogen-bond acceptors (Lipinski definition) is 4. The first-order valence-electron chi connectivity index (χ1n) is 11.4. The number of nitrogens with one attached hydrogen (secondary N) is 1. The van der Waals surface area contributed by atoms with Gasteiger partial charge in [-0.1, -0.05) is 24.6 Å². The van der Waals surface area contributed by atoms with Crippen LogP contribution in [0.3, 0.4) is 0 Å². The molecule has 2 aromatic rings. The first-order valence-corrected chi connectivity index (χ1v) is 11.4. The maximum absolute atomic E-state index is 13.4. The first kappa shape index (κ1) is 20.8. The maximum Gasteiger partial charge on any atom is 0.275 e. The molecular weight excluding hydrogens is 378 g/mol. The molecule has 4 rings (SSSR count). The van der Waals surface area contributed by atoms with Crippen LogP contribution in [0.1, 0.15) is 55.4 Å². The van der Waals surface area contributed by atoms with Crippen molar-refractivity contribution in [3.63, 3.8) is 0 Å². The molecular formula is C23H33N5O2. The number of rotatable bonds is 1. The van der Waals surface area contributed by atoms with Crippen molar-refractivity contribution in [1.29, 1.82) is 0 Å². The van der Waals surface area contributed by atoms with E-state index < -0.39 is 0 Å². The second-order valence-electron chi connectivity index (χ2n) is 8.58. The number of carbonyl (C=O) groups excluding carboxylic acids is 2. The van der Waals surface area contributed by atoms with Gasteiger partial charge in [0.1, 0.15) is 0 Å². The van der Waals surface area contributed by atoms with Gasteiger partial charge in [0, 0.05) is 44.5 Å². The fourth-order valence-corrected chi connectivity index (χ4v) is 4.82. The summed E-state index contributed by atoms with van der Waals surface area (Å²) >= 11 is 0. The lowest BCUT2D eigenvalue weighted by molar-refractivity contribution is -0.122. The van der Waals surface area contributed by atoms with Gasteiger partial charge in [0.2, 0.25) is 5.91 Å². The molecule has 0 radical (unpaired) electrons. The molecule has 1 atom stereocenters. The molecule has 3 heterocycles. The lowest BCUT2D eigenvalue weighted by Gasteiger charge is -2.35. The quantitative estimate of drug-likeness (QED) is 0.783. The Bertz CT molecular complexity index is 893. The Morgan fingerprint density at radius 1 is 1.03 bits per heavy atom. The number of fused-ring (bicyclic) bond motifs is 2. The van der Waals surface area contributed by atoms with E-state index in [0.29, 0.717) is 31.2 Å². The standard InChI is InChI=1S/C23H33N5O2/c1-26-20-11-3-2-10-19(20)22(25-26)23(30)28-15-7-6-14-27-13-5-4-9-18(27)17-21(29)24-12-8-16-28/h2-3,10-11,18H,4-9,12-17H2,1H3,(H,24,29). The van der Waals surface area contributed by atoms with Gasteiger partial charge in [-0.15, -0.1) is 0 Å². The molecule has 1 N–H and O–H groups in total. The van der Waals surface area contributed by atoms with Crippen molar-refractivity contribution in [2.75, 3.05) is 32.7 Å². The molecule has 2 amide bonds. The van der Waals surface area contributed by atoms with Crippen LogP contribution in [-0.4, -0.2) is 70.2 Å². The molecule has 0 bridgehead atoms. The summed E-state index contributed by atoms with van der Waals surface area (Å²) in [6.45, 7) is 4.07. The van der Waals surface area contributed by atoms with Crippen molar-refractivity contribution in [3.05, 3.63) is 30.0 Å². The van der Waals surface area contributed by atoms with Crippen molar-refractivity contribution < 1.29 is 9.59 Å². The van der Waals surface area contributed by atoms with Gasteiger partial charge in [-0.3, -0.25) is 19.2 Å². The summed E-state index contributed by atoms with van der Waals surface area (Å²) in [6.07, 6.45) is 6.93. The van der Waals surface area contributed by atoms with Crippen LogP contribution >= 0.6 is 0 Å². The van der Waals surface area contributed by atoms with Gasteiger partial charge in [-0.25, -0.2) is 0 Å². The topological polar surface area (TPSA) is 70.5 Å². The summed E-state index contributed by atoms with van der Waals surface area (Å²) in [4.78, 5) is 30.2. The molecule has 1 aromatic heterocycles. The number of amides is 2. The van der Waals surface area contributed by atoms with E-state index in [1.165, 1.54) is 12.8 Å². The zero-order chi connectivity index (χ0) is 20.9. The third-order valence-electron chi connectivity index (χ3n) is 6.47. The fourth-order valence-electron chi connectivity index (χ4n) is 4.82. The molecule has 7 heteroatoms. The van der Waals surface area contributed by atoms with Crippen LogP contribution in [0, 0.1) is 0 Å². The average Bonchev–Trinajstić information content (AvgIpc) is 3.10. The van der Waals surface area contributed by atoms with E-state index in [-0.39, 0.29) is 11.8 Å². The molecule has 30 heavy (non-hydrogen) atoms. The van der Waals surface area contributed by atoms with Crippen molar-refractivity contribution in [1.82, 2.24) is 24.9 Å². The van der Waals surface area contributed by atoms with E-state index in [1.807, 2.05) is 36.2 Å². The number of aromatic nitrogens is 2. The Morgan fingerprint density at radius 2 is 1.77 bits per heavy atom. The minimum absolute atomic E-state index is 0.0103. The van der Waals surface area contributed by atoms with Gasteiger partial charge in [-0.05, 0) is 51.3 Å². The van der Waals surface area contributed by atoms with Crippen LogP contribution in [0.25, 0.3) is 10.9 Å². The number of hydrogen-bond donors (Lipinski definition) is 1. The minimum atomic E-state index is -0.0103. The predicted octanol–water partition coefficient (Wildman–Crippen LogP) is 2.56. The molecule has 2 aliphatic rings. The third-order valence-corrected chi connectivity index (χ3v) is 6.47. The first-order chi connectivity index (χ1) is 14.6. The SMILES string of the molecule is Cn1nc(C(=O)N2CCCCN3CCCCC3CC(=O)NCCC2)c2ccccc21. The summed E-state index contributed by atoms with van der Waals surface area (Å²) in [5, 5.41) is 8.49. The zero-order valence-electron chi connectivity index (χ0n) is 18.0. The van der Waals surface area contributed by atoms with Gasteiger partial charge in [0.05, 0.1) is 5.52 Å². The lowest BCUT2D eigenvalue weighted by atomic mass is 9.98. The molecule has 7 nitrogen and oxygen atoms in total. The second-order valence-corrected chi connectivity index (χ2v) is 8.58. The number of para-hydroxylation sites is 1. The lowest BCUT2D eigenvalue weighted by Crippen LogP contribution is -2.43. The summed E-state index contributed by atoms with van der Waals surface area (Å²) in [5.41, 5.74) is 1.49. The number of carbonyl (C=O) groups is 2. The predicted molar refractivity (Wildman–Crippen MR) is 117 cm³/mol. The van der Waals surface area contributed by atoms with Crippen molar-refractivity contribution in [2.45, 2.75) is 51.0 Å². The van der Waals surface area contributed by atoms with E-state index in [9.17, 15) is 9.59 Å². The number of piperidine rings is 1. The van der Waals surface area contributed by atoms with Gasteiger partial charge >= 0.3 is 0 Å². The molecule has 162 valence electrons. The van der Waals surface area contributed by atoms with Gasteiger partial charge in [0.25, 0.3) is 5.91 Å². The molecule has 0 spiro atoms. The summed E-state index contributed by atoms with van der Waals surface area (Å²) in [6, 6.07) is 8.24. The van der Waals surface area contributed by atoms with Crippen molar-refractivity contribution >= 4 is 22.7 Å². The highest BCUT2D eigenvalue weighted by Crippen LogP contribution is 2.22. The van der Waals surface area contributed by atoms with E-state index in [0.717, 1.165) is 56.2 Å². The second kappa shape index (κ2) is 9.60. The number of nitrogens with zero attached hydrogens (tertiary/aromatic N) is 4. The van der Waals surface area contributed by atoms with Gasteiger partial charge < -0.3 is 10.2 Å². The molecule has 2 fully saturated rings. The smallest absolute Gasteiger partial charge is 0.275 e. The Morgan fingerprint density at radius 3 is 2.63 bits per heavy atom. The highest BCUT2D eigenvalue weighted by Gasteiger charge is 2.26. The van der Waals surface area contributed by atoms with Crippen LogP contribution in [0.15, 0.2) is 24.3 Å². The Kier molecular flexibility index (Phi) is 6.67. The molecule has 2 saturated heterocycles. The summed E-state index contributed by atoms with van der Waals surface area (Å²) in [7, 11) is 1.88. The monoisotopic (exact) mass is 411 g/mol. The largest absolute Gasteiger partial charge is 0.356 e. The van der Waals surface area contributed by atoms with Crippen LogP contribution in [0.4, 0.5) is 0 Å². The Balaban J connectivity index is 1.48. The highest BCUT2D eigenvalue weighted by atomic mass is 16.2. The van der Waals surface area contributed by atoms with Gasteiger partial charge in [-0.2, -0.15) is 5.10 Å². The Labute approximate surface area is 178 Å². The summed E-state index contributed by atoms with van der Waals surface area (Å²) in [5.74, 6) is 0.128. The molecule has 1 aromatic carbocycles. The summed E-state index contributed by atoms with van der Waals surface area (Å²) < 4.78 is 1.78. The zero-order valence-corrected chi connectivity index (χ0v) is 18.0. The number of benzene rings is 1. The normalized spacial score (nSPS) is 22.5. The van der Waals surface area contributed by atoms with E-state index in [2.05, 4.69) is 15.3 Å². The third kappa shape index (κ3) is 4.67. The molecule has 0 saturated carbocycles. The minimum Gasteiger partial charge on any atom is -0.356 e.